The molecule has 98 valence electrons. The predicted octanol–water partition coefficient (Wildman–Crippen LogP) is 2.47. The predicted molar refractivity (Wildman–Crippen MR) is 73.7 cm³/mol. The Morgan fingerprint density at radius 1 is 1.06 bits per heavy atom. The van der Waals surface area contributed by atoms with Gasteiger partial charge in [-0.3, -0.25) is 0 Å². The average molecular weight is 245 g/mol. The van der Waals surface area contributed by atoms with E-state index >= 15 is 0 Å². The van der Waals surface area contributed by atoms with Crippen LogP contribution in [0.15, 0.2) is 24.3 Å². The summed E-state index contributed by atoms with van der Waals surface area (Å²) in [4.78, 5) is 0. The summed E-state index contributed by atoms with van der Waals surface area (Å²) in [5, 5.41) is 13.1. The Hall–Kier alpha value is -0.860. The number of fused-ring (bicyclic) bond motifs is 1. The summed E-state index contributed by atoms with van der Waals surface area (Å²) in [6, 6.07) is 8.79. The molecule has 0 radical (unpaired) electrons. The van der Waals surface area contributed by atoms with Crippen LogP contribution < -0.4 is 5.32 Å². The third-order valence-electron chi connectivity index (χ3n) is 4.60. The molecule has 2 aliphatic rings. The minimum Gasteiger partial charge on any atom is -0.393 e. The van der Waals surface area contributed by atoms with Crippen LogP contribution in [0.25, 0.3) is 0 Å². The molecular weight excluding hydrogens is 222 g/mol. The summed E-state index contributed by atoms with van der Waals surface area (Å²) in [5.74, 6) is 1.51. The van der Waals surface area contributed by atoms with E-state index in [1.807, 2.05) is 0 Å². The fraction of sp³-hybridized carbons (Fsp3) is 0.625. The highest BCUT2D eigenvalue weighted by atomic mass is 16.3. The van der Waals surface area contributed by atoms with E-state index in [0.29, 0.717) is 0 Å². The molecule has 1 aromatic rings. The molecule has 1 aromatic carbocycles. The smallest absolute Gasteiger partial charge is 0.0540 e. The maximum atomic E-state index is 9.48. The number of hydrogen-bond donors (Lipinski definition) is 2. The summed E-state index contributed by atoms with van der Waals surface area (Å²) in [6.45, 7) is 2.25. The maximum Gasteiger partial charge on any atom is 0.0540 e. The first-order chi connectivity index (χ1) is 8.83. The first-order valence-corrected chi connectivity index (χ1v) is 7.29. The van der Waals surface area contributed by atoms with Crippen LogP contribution in [-0.4, -0.2) is 24.3 Å². The summed E-state index contributed by atoms with van der Waals surface area (Å²) >= 11 is 0. The van der Waals surface area contributed by atoms with Crippen molar-refractivity contribution in [2.45, 2.75) is 44.1 Å². The molecule has 2 N–H and O–H groups in total. The fourth-order valence-corrected chi connectivity index (χ4v) is 3.36. The summed E-state index contributed by atoms with van der Waals surface area (Å²) in [6.07, 6.45) is 5.59. The van der Waals surface area contributed by atoms with E-state index in [0.717, 1.165) is 37.8 Å². The van der Waals surface area contributed by atoms with Gasteiger partial charge in [0.1, 0.15) is 0 Å². The van der Waals surface area contributed by atoms with Crippen molar-refractivity contribution in [2.24, 2.45) is 5.92 Å². The second-order valence-corrected chi connectivity index (χ2v) is 5.93. The number of nitrogens with one attached hydrogen (secondary N) is 1. The molecule has 1 atom stereocenters. The molecular formula is C16H23NO. The lowest BCUT2D eigenvalue weighted by molar-refractivity contribution is 0.108. The zero-order valence-electron chi connectivity index (χ0n) is 10.9. The van der Waals surface area contributed by atoms with Crippen molar-refractivity contribution in [3.05, 3.63) is 35.4 Å². The third-order valence-corrected chi connectivity index (χ3v) is 4.60. The van der Waals surface area contributed by atoms with Crippen LogP contribution in [0.3, 0.4) is 0 Å². The Kier molecular flexibility index (Phi) is 3.67. The van der Waals surface area contributed by atoms with Crippen molar-refractivity contribution >= 4 is 0 Å². The Morgan fingerprint density at radius 3 is 2.61 bits per heavy atom. The van der Waals surface area contributed by atoms with Crippen LogP contribution in [0.4, 0.5) is 0 Å². The molecule has 1 saturated carbocycles. The number of benzene rings is 1. The SMILES string of the molecule is OC1CCC(CNCC2Cc3ccccc32)CC1. The lowest BCUT2D eigenvalue weighted by Crippen LogP contribution is -2.33. The van der Waals surface area contributed by atoms with E-state index in [1.165, 1.54) is 24.8 Å². The van der Waals surface area contributed by atoms with Crippen LogP contribution in [0.5, 0.6) is 0 Å². The lowest BCUT2D eigenvalue weighted by Gasteiger charge is -2.31. The first kappa shape index (κ1) is 12.2. The van der Waals surface area contributed by atoms with Gasteiger partial charge in [0.25, 0.3) is 0 Å². The molecule has 2 nitrogen and oxygen atoms in total. The normalized spacial score (nSPS) is 30.6. The van der Waals surface area contributed by atoms with E-state index < -0.39 is 0 Å². The molecule has 0 aliphatic heterocycles. The molecule has 0 aromatic heterocycles. The summed E-state index contributed by atoms with van der Waals surface area (Å²) < 4.78 is 0. The highest BCUT2D eigenvalue weighted by Crippen LogP contribution is 2.34. The van der Waals surface area contributed by atoms with Gasteiger partial charge < -0.3 is 10.4 Å². The van der Waals surface area contributed by atoms with Crippen LogP contribution in [0.1, 0.15) is 42.7 Å². The zero-order valence-corrected chi connectivity index (χ0v) is 10.9. The Morgan fingerprint density at radius 2 is 1.83 bits per heavy atom. The van der Waals surface area contributed by atoms with E-state index in [4.69, 9.17) is 0 Å². The molecule has 0 saturated heterocycles. The van der Waals surface area contributed by atoms with Crippen LogP contribution in [0, 0.1) is 5.92 Å². The highest BCUT2D eigenvalue weighted by molar-refractivity contribution is 5.40. The van der Waals surface area contributed by atoms with Crippen molar-refractivity contribution < 1.29 is 5.11 Å². The molecule has 0 spiro atoms. The fourth-order valence-electron chi connectivity index (χ4n) is 3.36. The Bertz CT molecular complexity index is 396. The van der Waals surface area contributed by atoms with Gasteiger partial charge in [-0.05, 0) is 55.7 Å². The second kappa shape index (κ2) is 5.41. The minimum atomic E-state index is -0.0280. The van der Waals surface area contributed by atoms with Crippen molar-refractivity contribution in [3.8, 4) is 0 Å². The standard InChI is InChI=1S/C16H23NO/c18-15-7-5-12(6-8-15)10-17-11-14-9-13-3-1-2-4-16(13)14/h1-4,12,14-15,17-18H,5-11H2. The Balaban J connectivity index is 1.39. The second-order valence-electron chi connectivity index (χ2n) is 5.93. The van der Waals surface area contributed by atoms with Gasteiger partial charge in [0.05, 0.1) is 6.10 Å². The molecule has 1 fully saturated rings. The van der Waals surface area contributed by atoms with Gasteiger partial charge in [0.2, 0.25) is 0 Å². The molecule has 18 heavy (non-hydrogen) atoms. The molecule has 3 rings (SSSR count). The summed E-state index contributed by atoms with van der Waals surface area (Å²) in [5.41, 5.74) is 3.08. The van der Waals surface area contributed by atoms with Crippen LogP contribution in [0.2, 0.25) is 0 Å². The van der Waals surface area contributed by atoms with E-state index in [2.05, 4.69) is 29.6 Å². The average Bonchev–Trinajstić information content (AvgIpc) is 2.37. The van der Waals surface area contributed by atoms with Gasteiger partial charge in [-0.1, -0.05) is 24.3 Å². The number of rotatable bonds is 4. The monoisotopic (exact) mass is 245 g/mol. The van der Waals surface area contributed by atoms with Crippen molar-refractivity contribution in [2.75, 3.05) is 13.1 Å². The molecule has 0 bridgehead atoms. The van der Waals surface area contributed by atoms with E-state index in [-0.39, 0.29) is 6.10 Å². The van der Waals surface area contributed by atoms with E-state index in [9.17, 15) is 5.11 Å². The first-order valence-electron chi connectivity index (χ1n) is 7.29. The molecule has 1 unspecified atom stereocenters. The van der Waals surface area contributed by atoms with Gasteiger partial charge in [-0.15, -0.1) is 0 Å². The maximum absolute atomic E-state index is 9.48. The van der Waals surface area contributed by atoms with Crippen molar-refractivity contribution in [1.29, 1.82) is 0 Å². The van der Waals surface area contributed by atoms with Crippen LogP contribution >= 0.6 is 0 Å². The van der Waals surface area contributed by atoms with Gasteiger partial charge in [0, 0.05) is 12.5 Å². The zero-order chi connectivity index (χ0) is 12.4. The lowest BCUT2D eigenvalue weighted by atomic mass is 9.77. The number of aliphatic hydroxyl groups excluding tert-OH is 1. The molecule has 0 amide bonds. The largest absolute Gasteiger partial charge is 0.393 e. The third kappa shape index (κ3) is 2.60. The number of hydrogen-bond acceptors (Lipinski definition) is 2. The van der Waals surface area contributed by atoms with Gasteiger partial charge in [0.15, 0.2) is 0 Å². The minimum absolute atomic E-state index is 0.0280. The highest BCUT2D eigenvalue weighted by Gasteiger charge is 2.25. The molecule has 2 aliphatic carbocycles. The van der Waals surface area contributed by atoms with Gasteiger partial charge in [-0.25, -0.2) is 0 Å². The van der Waals surface area contributed by atoms with E-state index in [1.54, 1.807) is 5.56 Å². The summed E-state index contributed by atoms with van der Waals surface area (Å²) in [7, 11) is 0. The van der Waals surface area contributed by atoms with Crippen molar-refractivity contribution in [1.82, 2.24) is 5.32 Å². The Labute approximate surface area is 109 Å². The quantitative estimate of drug-likeness (QED) is 0.854. The molecule has 0 heterocycles. The molecule has 2 heteroatoms. The number of aliphatic hydroxyl groups is 1. The van der Waals surface area contributed by atoms with Crippen LogP contribution in [-0.2, 0) is 6.42 Å². The van der Waals surface area contributed by atoms with Crippen molar-refractivity contribution in [3.63, 3.8) is 0 Å². The topological polar surface area (TPSA) is 32.3 Å². The van der Waals surface area contributed by atoms with Gasteiger partial charge in [-0.2, -0.15) is 0 Å². The van der Waals surface area contributed by atoms with Gasteiger partial charge >= 0.3 is 0 Å².